The second kappa shape index (κ2) is 9.47. The number of ether oxygens (including phenoxy) is 1. The number of amidine groups is 1. The molecule has 0 aromatic heterocycles. The van der Waals surface area contributed by atoms with Crippen LogP contribution in [0.5, 0.6) is 5.75 Å². The Morgan fingerprint density at radius 1 is 1.03 bits per heavy atom. The molecule has 29 heavy (non-hydrogen) atoms. The number of rotatable bonds is 9. The van der Waals surface area contributed by atoms with Gasteiger partial charge in [0.25, 0.3) is 5.91 Å². The number of hydrogen-bond donors (Lipinski definition) is 5. The van der Waals surface area contributed by atoms with E-state index in [-0.39, 0.29) is 22.7 Å². The quantitative estimate of drug-likeness (QED) is 0.236. The number of carboxylic acid groups (broad SMARTS) is 1. The van der Waals surface area contributed by atoms with Crippen LogP contribution in [-0.2, 0) is 4.79 Å². The van der Waals surface area contributed by atoms with Gasteiger partial charge in [0.05, 0.1) is 6.10 Å². The molecule has 2 unspecified atom stereocenters. The Bertz CT molecular complexity index is 907. The molecule has 0 fully saturated rings. The van der Waals surface area contributed by atoms with Gasteiger partial charge in [-0.15, -0.1) is 0 Å². The summed E-state index contributed by atoms with van der Waals surface area (Å²) in [5.74, 6) is -2.07. The Labute approximate surface area is 166 Å². The third kappa shape index (κ3) is 5.88. The lowest BCUT2D eigenvalue weighted by atomic mass is 9.99. The number of benzene rings is 2. The predicted molar refractivity (Wildman–Crippen MR) is 104 cm³/mol. The smallest absolute Gasteiger partial charge is 0.341 e. The first-order chi connectivity index (χ1) is 13.7. The number of Topliss-reactive ketones (excluding diaryl/α,β-unsaturated/α-hetero) is 1. The van der Waals surface area contributed by atoms with Crippen molar-refractivity contribution >= 4 is 23.5 Å². The van der Waals surface area contributed by atoms with Gasteiger partial charge in [-0.1, -0.05) is 12.1 Å². The Balaban J connectivity index is 2.11. The van der Waals surface area contributed by atoms with E-state index in [1.165, 1.54) is 55.5 Å². The van der Waals surface area contributed by atoms with Gasteiger partial charge in [-0.25, -0.2) is 4.79 Å². The molecule has 9 nitrogen and oxygen atoms in total. The molecule has 0 saturated carbocycles. The maximum absolute atomic E-state index is 12.7. The minimum atomic E-state index is -1.19. The Morgan fingerprint density at radius 2 is 1.55 bits per heavy atom. The van der Waals surface area contributed by atoms with Gasteiger partial charge in [0.2, 0.25) is 0 Å². The van der Waals surface area contributed by atoms with Crippen molar-refractivity contribution in [3.8, 4) is 5.75 Å². The number of aliphatic carboxylic acids is 1. The number of aliphatic hydroxyl groups excluding tert-OH is 1. The van der Waals surface area contributed by atoms with E-state index in [0.29, 0.717) is 5.56 Å². The summed E-state index contributed by atoms with van der Waals surface area (Å²) < 4.78 is 5.00. The topological polar surface area (TPSA) is 163 Å². The first kappa shape index (κ1) is 21.6. The number of ketones is 1. The predicted octanol–water partition coefficient (Wildman–Crippen LogP) is 0.796. The summed E-state index contributed by atoms with van der Waals surface area (Å²) in [5.41, 5.74) is 6.28. The Hall–Kier alpha value is -3.72. The van der Waals surface area contributed by atoms with Gasteiger partial charge in [0, 0.05) is 16.7 Å². The third-order valence-electron chi connectivity index (χ3n) is 4.01. The van der Waals surface area contributed by atoms with Crippen molar-refractivity contribution in [2.75, 3.05) is 6.61 Å². The summed E-state index contributed by atoms with van der Waals surface area (Å²) in [6.45, 7) is 0.869. The van der Waals surface area contributed by atoms with Gasteiger partial charge in [0.1, 0.15) is 17.6 Å². The number of hydrogen-bond acceptors (Lipinski definition) is 6. The van der Waals surface area contributed by atoms with E-state index < -0.39 is 36.4 Å². The maximum Gasteiger partial charge on any atom is 0.341 e. The van der Waals surface area contributed by atoms with Gasteiger partial charge in [-0.3, -0.25) is 15.0 Å². The summed E-state index contributed by atoms with van der Waals surface area (Å²) in [4.78, 5) is 35.7. The lowest BCUT2D eigenvalue weighted by molar-refractivity contribution is -0.139. The van der Waals surface area contributed by atoms with Crippen LogP contribution >= 0.6 is 0 Å². The number of carboxylic acids is 1. The van der Waals surface area contributed by atoms with Crippen molar-refractivity contribution in [1.29, 1.82) is 5.41 Å². The first-order valence-corrected chi connectivity index (χ1v) is 8.61. The monoisotopic (exact) mass is 399 g/mol. The van der Waals surface area contributed by atoms with E-state index in [2.05, 4.69) is 5.32 Å². The molecule has 152 valence electrons. The highest BCUT2D eigenvalue weighted by molar-refractivity contribution is 6.05. The van der Waals surface area contributed by atoms with Crippen LogP contribution in [0, 0.1) is 5.41 Å². The number of nitrogens with one attached hydrogen (secondary N) is 2. The largest absolute Gasteiger partial charge is 0.482 e. The molecule has 0 bridgehead atoms. The average molecular weight is 399 g/mol. The molecule has 2 aromatic carbocycles. The summed E-state index contributed by atoms with van der Waals surface area (Å²) in [6, 6.07) is 10.4. The Morgan fingerprint density at radius 3 is 2.03 bits per heavy atom. The summed E-state index contributed by atoms with van der Waals surface area (Å²) >= 11 is 0. The molecule has 0 saturated heterocycles. The normalized spacial score (nSPS) is 12.5. The SMILES string of the molecule is CC(O)C(NC(=O)c1ccc(C(=N)N)cc1)C(=O)c1ccc(OCC(=O)O)cc1. The zero-order valence-electron chi connectivity index (χ0n) is 15.6. The van der Waals surface area contributed by atoms with Crippen LogP contribution in [0.3, 0.4) is 0 Å². The van der Waals surface area contributed by atoms with E-state index >= 15 is 0 Å². The van der Waals surface area contributed by atoms with Crippen molar-refractivity contribution in [3.63, 3.8) is 0 Å². The minimum Gasteiger partial charge on any atom is -0.482 e. The summed E-state index contributed by atoms with van der Waals surface area (Å²) in [7, 11) is 0. The van der Waals surface area contributed by atoms with E-state index in [9.17, 15) is 19.5 Å². The zero-order valence-corrected chi connectivity index (χ0v) is 15.6. The molecule has 1 amide bonds. The molecule has 0 spiro atoms. The van der Waals surface area contributed by atoms with E-state index in [1.54, 1.807) is 0 Å². The molecule has 0 radical (unpaired) electrons. The van der Waals surface area contributed by atoms with Crippen LogP contribution in [0.25, 0.3) is 0 Å². The highest BCUT2D eigenvalue weighted by Crippen LogP contribution is 2.15. The highest BCUT2D eigenvalue weighted by Gasteiger charge is 2.27. The van der Waals surface area contributed by atoms with Gasteiger partial charge in [-0.2, -0.15) is 0 Å². The molecule has 0 aliphatic heterocycles. The molecule has 2 atom stereocenters. The lowest BCUT2D eigenvalue weighted by Gasteiger charge is -2.20. The van der Waals surface area contributed by atoms with Gasteiger partial charge in [-0.05, 0) is 43.3 Å². The molecule has 0 aliphatic rings. The number of nitrogens with two attached hydrogens (primary N) is 1. The minimum absolute atomic E-state index is 0.134. The molecular formula is C20H21N3O6. The second-order valence-corrected chi connectivity index (χ2v) is 6.25. The zero-order chi connectivity index (χ0) is 21.6. The van der Waals surface area contributed by atoms with E-state index in [1.807, 2.05) is 0 Å². The van der Waals surface area contributed by atoms with Crippen molar-refractivity contribution in [2.45, 2.75) is 19.1 Å². The fourth-order valence-electron chi connectivity index (χ4n) is 2.47. The van der Waals surface area contributed by atoms with Crippen LogP contribution < -0.4 is 15.8 Å². The average Bonchev–Trinajstić information content (AvgIpc) is 2.70. The Kier molecular flexibility index (Phi) is 7.05. The van der Waals surface area contributed by atoms with Crippen molar-refractivity contribution < 1.29 is 29.3 Å². The van der Waals surface area contributed by atoms with Gasteiger partial charge >= 0.3 is 5.97 Å². The van der Waals surface area contributed by atoms with Crippen LogP contribution in [0.4, 0.5) is 0 Å². The third-order valence-corrected chi connectivity index (χ3v) is 4.01. The van der Waals surface area contributed by atoms with Crippen molar-refractivity contribution in [1.82, 2.24) is 5.32 Å². The molecule has 9 heteroatoms. The van der Waals surface area contributed by atoms with Crippen LogP contribution in [0.15, 0.2) is 48.5 Å². The van der Waals surface area contributed by atoms with E-state index in [4.69, 9.17) is 21.0 Å². The molecule has 0 aliphatic carbocycles. The number of carbonyl (C=O) groups is 3. The summed E-state index contributed by atoms with van der Waals surface area (Å²) in [6.07, 6.45) is -1.16. The van der Waals surface area contributed by atoms with Crippen LogP contribution in [-0.4, -0.2) is 52.5 Å². The number of amides is 1. The fourth-order valence-corrected chi connectivity index (χ4v) is 2.47. The standard InChI is InChI=1S/C20H21N3O6/c1-11(24)17(23-20(28)14-4-2-13(3-5-14)19(21)22)18(27)12-6-8-15(9-7-12)29-10-16(25)26/h2-9,11,17,24H,10H2,1H3,(H3,21,22)(H,23,28)(H,25,26). The maximum atomic E-state index is 12.7. The van der Waals surface area contributed by atoms with Crippen LogP contribution in [0.1, 0.15) is 33.2 Å². The van der Waals surface area contributed by atoms with Crippen molar-refractivity contribution in [3.05, 3.63) is 65.2 Å². The molecule has 0 heterocycles. The molecule has 2 aromatic rings. The first-order valence-electron chi connectivity index (χ1n) is 8.61. The highest BCUT2D eigenvalue weighted by atomic mass is 16.5. The number of nitrogen functional groups attached to an aromatic ring is 1. The molecule has 2 rings (SSSR count). The molecular weight excluding hydrogens is 378 g/mol. The number of carbonyl (C=O) groups excluding carboxylic acids is 2. The van der Waals surface area contributed by atoms with E-state index in [0.717, 1.165) is 0 Å². The van der Waals surface area contributed by atoms with Gasteiger partial charge in [0.15, 0.2) is 12.4 Å². The van der Waals surface area contributed by atoms with Gasteiger partial charge < -0.3 is 26.0 Å². The van der Waals surface area contributed by atoms with Crippen LogP contribution in [0.2, 0.25) is 0 Å². The lowest BCUT2D eigenvalue weighted by Crippen LogP contribution is -2.47. The number of aliphatic hydroxyl groups is 1. The summed E-state index contributed by atoms with van der Waals surface area (Å²) in [5, 5.41) is 28.5. The fraction of sp³-hybridized carbons (Fsp3) is 0.200. The van der Waals surface area contributed by atoms with Crippen molar-refractivity contribution in [2.24, 2.45) is 5.73 Å². The molecule has 6 N–H and O–H groups in total. The second-order valence-electron chi connectivity index (χ2n) is 6.25.